The van der Waals surface area contributed by atoms with Crippen molar-refractivity contribution in [2.45, 2.75) is 37.3 Å². The summed E-state index contributed by atoms with van der Waals surface area (Å²) in [5.74, 6) is -0.217. The van der Waals surface area contributed by atoms with Crippen molar-refractivity contribution in [2.24, 2.45) is 0 Å². The van der Waals surface area contributed by atoms with Crippen molar-refractivity contribution < 1.29 is 14.7 Å². The average Bonchev–Trinajstić information content (AvgIpc) is 3.00. The number of imide groups is 1. The number of hydrogen-bond acceptors (Lipinski definition) is 3. The van der Waals surface area contributed by atoms with Crippen LogP contribution >= 0.6 is 11.6 Å². The molecule has 5 nitrogen and oxygen atoms in total. The molecule has 1 heterocycles. The smallest absolute Gasteiger partial charge is 0.325 e. The van der Waals surface area contributed by atoms with Crippen molar-refractivity contribution in [1.82, 2.24) is 10.2 Å². The van der Waals surface area contributed by atoms with Crippen molar-refractivity contribution in [1.29, 1.82) is 0 Å². The van der Waals surface area contributed by atoms with Gasteiger partial charge in [-0.15, -0.1) is 0 Å². The first-order valence-corrected chi connectivity index (χ1v) is 7.47. The number of aliphatic hydroxyl groups excluding tert-OH is 1. The Morgan fingerprint density at radius 3 is 2.71 bits per heavy atom. The fourth-order valence-corrected chi connectivity index (χ4v) is 3.35. The van der Waals surface area contributed by atoms with E-state index in [1.165, 1.54) is 0 Å². The van der Waals surface area contributed by atoms with Crippen LogP contribution in [0.1, 0.15) is 37.4 Å². The monoisotopic (exact) mass is 308 g/mol. The van der Waals surface area contributed by atoms with Crippen LogP contribution in [0.15, 0.2) is 24.3 Å². The molecule has 1 spiro atoms. The summed E-state index contributed by atoms with van der Waals surface area (Å²) in [6.45, 7) is -0.0489. The molecule has 6 heteroatoms. The molecule has 21 heavy (non-hydrogen) atoms. The Labute approximate surface area is 127 Å². The first-order valence-electron chi connectivity index (χ1n) is 7.09. The molecule has 1 unspecified atom stereocenters. The predicted molar refractivity (Wildman–Crippen MR) is 77.9 cm³/mol. The molecule has 1 saturated heterocycles. The minimum Gasteiger partial charge on any atom is -0.387 e. The van der Waals surface area contributed by atoms with E-state index in [4.69, 9.17) is 11.6 Å². The number of urea groups is 1. The van der Waals surface area contributed by atoms with E-state index < -0.39 is 17.7 Å². The zero-order valence-electron chi connectivity index (χ0n) is 11.5. The third-order valence-electron chi connectivity index (χ3n) is 4.29. The SMILES string of the molecule is O=C1NC2(CCCC2)C(=O)N1CC(O)c1cccc(Cl)c1. The van der Waals surface area contributed by atoms with Gasteiger partial charge in [-0.2, -0.15) is 0 Å². The molecule has 1 aromatic carbocycles. The van der Waals surface area contributed by atoms with Crippen LogP contribution in [0, 0.1) is 0 Å². The number of halogens is 1. The highest BCUT2D eigenvalue weighted by Crippen LogP contribution is 2.35. The van der Waals surface area contributed by atoms with E-state index in [1.807, 2.05) is 0 Å². The summed E-state index contributed by atoms with van der Waals surface area (Å²) in [6.07, 6.45) is 2.31. The van der Waals surface area contributed by atoms with Gasteiger partial charge in [-0.25, -0.2) is 4.79 Å². The zero-order chi connectivity index (χ0) is 15.0. The second-order valence-electron chi connectivity index (χ2n) is 5.71. The number of amides is 3. The molecule has 2 N–H and O–H groups in total. The van der Waals surface area contributed by atoms with Gasteiger partial charge in [0.1, 0.15) is 5.54 Å². The maximum atomic E-state index is 12.5. The molecule has 112 valence electrons. The van der Waals surface area contributed by atoms with Gasteiger partial charge in [0.05, 0.1) is 12.6 Å². The Hall–Kier alpha value is -1.59. The maximum Gasteiger partial charge on any atom is 0.325 e. The number of nitrogens with one attached hydrogen (secondary N) is 1. The van der Waals surface area contributed by atoms with Crippen molar-refractivity contribution in [3.8, 4) is 0 Å². The third-order valence-corrected chi connectivity index (χ3v) is 4.53. The molecule has 1 aliphatic carbocycles. The normalized spacial score (nSPS) is 21.9. The van der Waals surface area contributed by atoms with E-state index in [1.54, 1.807) is 24.3 Å². The van der Waals surface area contributed by atoms with E-state index in [-0.39, 0.29) is 12.5 Å². The molecule has 2 fully saturated rings. The molecule has 0 bridgehead atoms. The quantitative estimate of drug-likeness (QED) is 0.841. The largest absolute Gasteiger partial charge is 0.387 e. The van der Waals surface area contributed by atoms with Crippen molar-refractivity contribution in [3.63, 3.8) is 0 Å². The lowest BCUT2D eigenvalue weighted by molar-refractivity contribution is -0.132. The number of β-amino-alcohol motifs (C(OH)–C–C–N with tert-alkyl or cyclic N) is 1. The minimum absolute atomic E-state index is 0.0489. The lowest BCUT2D eigenvalue weighted by Crippen LogP contribution is -2.44. The highest BCUT2D eigenvalue weighted by Gasteiger charge is 2.52. The molecule has 1 aliphatic heterocycles. The standard InChI is InChI=1S/C15H17ClN2O3/c16-11-5-3-4-10(8-11)12(19)9-18-13(20)15(17-14(18)21)6-1-2-7-15/h3-5,8,12,19H,1-2,6-7,9H2,(H,17,21). The highest BCUT2D eigenvalue weighted by atomic mass is 35.5. The van der Waals surface area contributed by atoms with E-state index >= 15 is 0 Å². The number of rotatable bonds is 3. The average molecular weight is 309 g/mol. The molecule has 1 atom stereocenters. The van der Waals surface area contributed by atoms with Gasteiger partial charge in [0, 0.05) is 5.02 Å². The lowest BCUT2D eigenvalue weighted by Gasteiger charge is -2.21. The molecule has 1 saturated carbocycles. The Morgan fingerprint density at radius 2 is 2.05 bits per heavy atom. The number of aliphatic hydroxyl groups is 1. The number of benzene rings is 1. The Bertz CT molecular complexity index is 584. The molecule has 1 aromatic rings. The van der Waals surface area contributed by atoms with Gasteiger partial charge >= 0.3 is 6.03 Å². The third kappa shape index (κ3) is 2.51. The van der Waals surface area contributed by atoms with Crippen LogP contribution in [0.3, 0.4) is 0 Å². The molecular weight excluding hydrogens is 292 g/mol. The Kier molecular flexibility index (Phi) is 3.63. The number of hydrogen-bond donors (Lipinski definition) is 2. The molecule has 0 radical (unpaired) electrons. The first kappa shape index (κ1) is 14.4. The van der Waals surface area contributed by atoms with Gasteiger partial charge in [-0.05, 0) is 30.5 Å². The van der Waals surface area contributed by atoms with Gasteiger partial charge in [0.25, 0.3) is 5.91 Å². The van der Waals surface area contributed by atoms with E-state index in [0.29, 0.717) is 23.4 Å². The van der Waals surface area contributed by atoms with Crippen LogP contribution in [0.4, 0.5) is 4.79 Å². The molecule has 0 aromatic heterocycles. The van der Waals surface area contributed by atoms with Crippen LogP contribution in [0.2, 0.25) is 5.02 Å². The summed E-state index contributed by atoms with van der Waals surface area (Å²) in [7, 11) is 0. The minimum atomic E-state index is -0.935. The second kappa shape index (κ2) is 5.31. The fraction of sp³-hybridized carbons (Fsp3) is 0.467. The van der Waals surface area contributed by atoms with E-state index in [2.05, 4.69) is 5.32 Å². The summed E-state index contributed by atoms with van der Waals surface area (Å²) in [5, 5.41) is 13.5. The Balaban J connectivity index is 1.75. The van der Waals surface area contributed by atoms with Crippen LogP contribution in [-0.2, 0) is 4.79 Å². The van der Waals surface area contributed by atoms with Crippen LogP contribution in [0.25, 0.3) is 0 Å². The maximum absolute atomic E-state index is 12.5. The van der Waals surface area contributed by atoms with Crippen molar-refractivity contribution in [3.05, 3.63) is 34.9 Å². The molecular formula is C15H17ClN2O3. The lowest BCUT2D eigenvalue weighted by atomic mass is 9.98. The first-order chi connectivity index (χ1) is 10.0. The number of carbonyl (C=O) groups is 2. The summed E-state index contributed by atoms with van der Waals surface area (Å²) in [6, 6.07) is 6.38. The molecule has 3 amide bonds. The van der Waals surface area contributed by atoms with Gasteiger partial charge in [0.15, 0.2) is 0 Å². The van der Waals surface area contributed by atoms with Gasteiger partial charge in [-0.3, -0.25) is 9.69 Å². The highest BCUT2D eigenvalue weighted by molar-refractivity contribution is 6.30. The van der Waals surface area contributed by atoms with E-state index in [0.717, 1.165) is 17.7 Å². The summed E-state index contributed by atoms with van der Waals surface area (Å²) >= 11 is 5.89. The van der Waals surface area contributed by atoms with Gasteiger partial charge < -0.3 is 10.4 Å². The number of nitrogens with zero attached hydrogens (tertiary/aromatic N) is 1. The summed E-state index contributed by atoms with van der Waals surface area (Å²) in [5.41, 5.74) is -0.138. The van der Waals surface area contributed by atoms with E-state index in [9.17, 15) is 14.7 Å². The summed E-state index contributed by atoms with van der Waals surface area (Å²) in [4.78, 5) is 25.6. The van der Waals surface area contributed by atoms with Gasteiger partial charge in [0.2, 0.25) is 0 Å². The second-order valence-corrected chi connectivity index (χ2v) is 6.14. The fourth-order valence-electron chi connectivity index (χ4n) is 3.15. The Morgan fingerprint density at radius 1 is 1.33 bits per heavy atom. The number of carbonyl (C=O) groups excluding carboxylic acids is 2. The van der Waals surface area contributed by atoms with Crippen LogP contribution in [0.5, 0.6) is 0 Å². The topological polar surface area (TPSA) is 69.6 Å². The van der Waals surface area contributed by atoms with Crippen molar-refractivity contribution >= 4 is 23.5 Å². The molecule has 3 rings (SSSR count). The van der Waals surface area contributed by atoms with Crippen molar-refractivity contribution in [2.75, 3.05) is 6.54 Å². The summed E-state index contributed by atoms with van der Waals surface area (Å²) < 4.78 is 0. The van der Waals surface area contributed by atoms with Crippen LogP contribution < -0.4 is 5.32 Å². The van der Waals surface area contributed by atoms with Gasteiger partial charge in [-0.1, -0.05) is 36.6 Å². The zero-order valence-corrected chi connectivity index (χ0v) is 12.3. The predicted octanol–water partition coefficient (Wildman–Crippen LogP) is 2.24. The van der Waals surface area contributed by atoms with Crippen LogP contribution in [-0.4, -0.2) is 34.0 Å². The molecule has 2 aliphatic rings.